The van der Waals surface area contributed by atoms with Crippen LogP contribution in [0.4, 0.5) is 5.69 Å². The highest BCUT2D eigenvalue weighted by atomic mass is 32.2. The van der Waals surface area contributed by atoms with Crippen LogP contribution in [0.5, 0.6) is 0 Å². The van der Waals surface area contributed by atoms with E-state index in [0.29, 0.717) is 11.4 Å². The molecule has 0 heterocycles. The van der Waals surface area contributed by atoms with E-state index in [-0.39, 0.29) is 17.3 Å². The molecule has 0 saturated carbocycles. The fourth-order valence-corrected chi connectivity index (χ4v) is 2.44. The van der Waals surface area contributed by atoms with E-state index in [1.807, 2.05) is 6.92 Å². The molecule has 0 fully saturated rings. The van der Waals surface area contributed by atoms with E-state index in [0.717, 1.165) is 18.2 Å². The molecule has 142 valence electrons. The molecule has 2 amide bonds. The fourth-order valence-electron chi connectivity index (χ4n) is 1.74. The van der Waals surface area contributed by atoms with E-state index in [9.17, 15) is 24.5 Å². The predicted octanol–water partition coefficient (Wildman–Crippen LogP) is 1.26. The number of rotatable bonds is 10. The number of non-ortho nitro benzene ring substituents is 1. The number of amides is 2. The van der Waals surface area contributed by atoms with Gasteiger partial charge in [0.15, 0.2) is 6.61 Å². The number of hydrogen-bond acceptors (Lipinski definition) is 7. The number of carbonyl (C=O) groups is 3. The molecular formula is C16H21N3O6S. The first-order valence-electron chi connectivity index (χ1n) is 7.93. The minimum atomic E-state index is -0.720. The van der Waals surface area contributed by atoms with Crippen molar-refractivity contribution in [2.75, 3.05) is 18.9 Å². The van der Waals surface area contributed by atoms with Crippen molar-refractivity contribution in [3.63, 3.8) is 0 Å². The summed E-state index contributed by atoms with van der Waals surface area (Å²) in [6, 6.07) is 5.01. The van der Waals surface area contributed by atoms with Crippen LogP contribution >= 0.6 is 11.8 Å². The highest BCUT2D eigenvalue weighted by Crippen LogP contribution is 2.21. The van der Waals surface area contributed by atoms with Gasteiger partial charge in [0.1, 0.15) is 6.04 Å². The third kappa shape index (κ3) is 7.97. The van der Waals surface area contributed by atoms with Gasteiger partial charge >= 0.3 is 5.97 Å². The second kappa shape index (κ2) is 11.1. The van der Waals surface area contributed by atoms with Crippen LogP contribution in [0.25, 0.3) is 0 Å². The Kier molecular flexibility index (Phi) is 9.13. The van der Waals surface area contributed by atoms with Gasteiger partial charge in [0, 0.05) is 23.6 Å². The van der Waals surface area contributed by atoms with Gasteiger partial charge in [-0.3, -0.25) is 24.5 Å². The number of esters is 1. The first-order chi connectivity index (χ1) is 12.3. The Morgan fingerprint density at radius 1 is 1.27 bits per heavy atom. The number of carbonyl (C=O) groups excluding carboxylic acids is 3. The smallest absolute Gasteiger partial charge is 0.316 e. The highest BCUT2D eigenvalue weighted by Gasteiger charge is 2.16. The molecule has 1 aromatic carbocycles. The molecule has 26 heavy (non-hydrogen) atoms. The lowest BCUT2D eigenvalue weighted by Gasteiger charge is -2.13. The Morgan fingerprint density at radius 3 is 2.50 bits per heavy atom. The molecule has 0 aliphatic carbocycles. The van der Waals surface area contributed by atoms with E-state index in [1.165, 1.54) is 31.2 Å². The van der Waals surface area contributed by atoms with Crippen molar-refractivity contribution in [2.45, 2.75) is 31.2 Å². The normalized spacial score (nSPS) is 11.3. The van der Waals surface area contributed by atoms with Gasteiger partial charge < -0.3 is 15.4 Å². The lowest BCUT2D eigenvalue weighted by molar-refractivity contribution is -0.384. The average molecular weight is 383 g/mol. The summed E-state index contributed by atoms with van der Waals surface area (Å²) in [6.07, 6.45) is 0.788. The van der Waals surface area contributed by atoms with Crippen LogP contribution in [0.2, 0.25) is 0 Å². The van der Waals surface area contributed by atoms with E-state index in [4.69, 9.17) is 4.74 Å². The summed E-state index contributed by atoms with van der Waals surface area (Å²) >= 11 is 1.14. The summed E-state index contributed by atoms with van der Waals surface area (Å²) in [5.74, 6) is -1.53. The van der Waals surface area contributed by atoms with Gasteiger partial charge in [-0.25, -0.2) is 0 Å². The minimum absolute atomic E-state index is 0.0364. The highest BCUT2D eigenvalue weighted by molar-refractivity contribution is 8.00. The fraction of sp³-hybridized carbons (Fsp3) is 0.438. The van der Waals surface area contributed by atoms with Gasteiger partial charge in [-0.15, -0.1) is 11.8 Å². The molecule has 0 aliphatic heterocycles. The van der Waals surface area contributed by atoms with E-state index in [2.05, 4.69) is 10.6 Å². The van der Waals surface area contributed by atoms with Crippen molar-refractivity contribution in [3.05, 3.63) is 34.4 Å². The van der Waals surface area contributed by atoms with E-state index >= 15 is 0 Å². The van der Waals surface area contributed by atoms with Crippen LogP contribution in [-0.2, 0) is 19.1 Å². The summed E-state index contributed by atoms with van der Waals surface area (Å²) in [5.41, 5.74) is -0.0364. The number of hydrogen-bond donors (Lipinski definition) is 2. The van der Waals surface area contributed by atoms with Gasteiger partial charge in [0.25, 0.3) is 11.6 Å². The third-order valence-electron chi connectivity index (χ3n) is 3.09. The van der Waals surface area contributed by atoms with Gasteiger partial charge in [0.2, 0.25) is 5.91 Å². The SMILES string of the molecule is CCCNC(=O)[C@@H](C)NC(=O)COC(=O)CSc1ccc([N+](=O)[O-])cc1. The number of thioether (sulfide) groups is 1. The zero-order valence-electron chi connectivity index (χ0n) is 14.5. The van der Waals surface area contributed by atoms with Crippen LogP contribution in [0.3, 0.4) is 0 Å². The van der Waals surface area contributed by atoms with E-state index in [1.54, 1.807) is 0 Å². The van der Waals surface area contributed by atoms with Crippen LogP contribution < -0.4 is 10.6 Å². The summed E-state index contributed by atoms with van der Waals surface area (Å²) in [4.78, 5) is 45.7. The minimum Gasteiger partial charge on any atom is -0.455 e. The van der Waals surface area contributed by atoms with Crippen molar-refractivity contribution in [1.29, 1.82) is 0 Å². The number of benzene rings is 1. The third-order valence-corrected chi connectivity index (χ3v) is 4.07. The molecule has 1 rings (SSSR count). The average Bonchev–Trinajstić information content (AvgIpc) is 2.62. The lowest BCUT2D eigenvalue weighted by atomic mass is 10.3. The van der Waals surface area contributed by atoms with Crippen molar-refractivity contribution in [3.8, 4) is 0 Å². The number of nitrogens with zero attached hydrogens (tertiary/aromatic N) is 1. The number of nitro benzene ring substituents is 1. The molecule has 10 heteroatoms. The van der Waals surface area contributed by atoms with Crippen molar-refractivity contribution in [2.24, 2.45) is 0 Å². The zero-order chi connectivity index (χ0) is 19.5. The second-order valence-corrected chi connectivity index (χ2v) is 6.33. The number of ether oxygens (including phenoxy) is 1. The maximum Gasteiger partial charge on any atom is 0.316 e. The van der Waals surface area contributed by atoms with Gasteiger partial charge in [-0.2, -0.15) is 0 Å². The van der Waals surface area contributed by atoms with Crippen molar-refractivity contribution in [1.82, 2.24) is 10.6 Å². The Hall–Kier alpha value is -2.62. The largest absolute Gasteiger partial charge is 0.455 e. The summed E-state index contributed by atoms with van der Waals surface area (Å²) < 4.78 is 4.84. The second-order valence-electron chi connectivity index (χ2n) is 5.28. The predicted molar refractivity (Wildman–Crippen MR) is 95.7 cm³/mol. The lowest BCUT2D eigenvalue weighted by Crippen LogP contribution is -2.46. The summed E-state index contributed by atoms with van der Waals surface area (Å²) in [6.45, 7) is 3.49. The molecule has 2 N–H and O–H groups in total. The molecule has 0 unspecified atom stereocenters. The maximum absolute atomic E-state index is 11.7. The molecule has 0 aliphatic rings. The first-order valence-corrected chi connectivity index (χ1v) is 8.92. The molecule has 9 nitrogen and oxygen atoms in total. The molecular weight excluding hydrogens is 362 g/mol. The number of nitro groups is 1. The van der Waals surface area contributed by atoms with Gasteiger partial charge in [-0.05, 0) is 25.5 Å². The van der Waals surface area contributed by atoms with Crippen LogP contribution in [0.1, 0.15) is 20.3 Å². The maximum atomic E-state index is 11.7. The molecule has 0 bridgehead atoms. The Morgan fingerprint density at radius 2 is 1.92 bits per heavy atom. The van der Waals surface area contributed by atoms with E-state index < -0.39 is 29.4 Å². The number of nitrogens with one attached hydrogen (secondary N) is 2. The first kappa shape index (κ1) is 21.4. The summed E-state index contributed by atoms with van der Waals surface area (Å²) in [7, 11) is 0. The molecule has 1 aromatic rings. The topological polar surface area (TPSA) is 128 Å². The molecule has 0 saturated heterocycles. The van der Waals surface area contributed by atoms with Gasteiger partial charge in [0.05, 0.1) is 10.7 Å². The Bertz CT molecular complexity index is 650. The molecule has 0 radical (unpaired) electrons. The monoisotopic (exact) mass is 383 g/mol. The quantitative estimate of drug-likeness (QED) is 0.269. The van der Waals surface area contributed by atoms with Crippen LogP contribution in [0, 0.1) is 10.1 Å². The van der Waals surface area contributed by atoms with Gasteiger partial charge in [-0.1, -0.05) is 6.92 Å². The summed E-state index contributed by atoms with van der Waals surface area (Å²) in [5, 5.41) is 15.6. The molecule has 1 atom stereocenters. The molecule has 0 spiro atoms. The standard InChI is InChI=1S/C16H21N3O6S/c1-3-8-17-16(22)11(2)18-14(20)9-25-15(21)10-26-13-6-4-12(5-7-13)19(23)24/h4-7,11H,3,8-10H2,1-2H3,(H,17,22)(H,18,20)/t11-/m1/s1. The Labute approximate surface area is 155 Å². The van der Waals surface area contributed by atoms with Crippen LogP contribution in [-0.4, -0.2) is 47.7 Å². The molecule has 0 aromatic heterocycles. The van der Waals surface area contributed by atoms with Crippen molar-refractivity contribution >= 4 is 35.2 Å². The Balaban J connectivity index is 2.29. The van der Waals surface area contributed by atoms with Crippen molar-refractivity contribution < 1.29 is 24.0 Å². The zero-order valence-corrected chi connectivity index (χ0v) is 15.3. The van der Waals surface area contributed by atoms with Crippen LogP contribution in [0.15, 0.2) is 29.2 Å².